The maximum atomic E-state index is 13.1. The van der Waals surface area contributed by atoms with Gasteiger partial charge in [-0.3, -0.25) is 9.59 Å². The number of esters is 1. The van der Waals surface area contributed by atoms with Gasteiger partial charge in [0, 0.05) is 29.9 Å². The van der Waals surface area contributed by atoms with Gasteiger partial charge in [0.25, 0.3) is 5.91 Å². The minimum atomic E-state index is -0.468. The molecule has 1 aromatic carbocycles. The SMILES string of the molecule is CCN(CC(=O)c1c(C)c(C(=O)OC)n(CC)c1C)C(=O)c1ccc(C)cc1. The number of Topliss-reactive ketones (excluding diaryl/α,β-unsaturated/α-hetero) is 1. The van der Waals surface area contributed by atoms with Crippen LogP contribution in [0.25, 0.3) is 0 Å². The number of likely N-dealkylation sites (N-methyl/N-ethyl adjacent to an activating group) is 1. The van der Waals surface area contributed by atoms with Crippen LogP contribution in [0.1, 0.15) is 61.9 Å². The van der Waals surface area contributed by atoms with Gasteiger partial charge in [-0.25, -0.2) is 4.79 Å². The average Bonchev–Trinajstić information content (AvgIpc) is 2.94. The molecule has 0 atom stereocenters. The molecule has 6 nitrogen and oxygen atoms in total. The maximum absolute atomic E-state index is 13.1. The van der Waals surface area contributed by atoms with Gasteiger partial charge in [-0.15, -0.1) is 0 Å². The van der Waals surface area contributed by atoms with Gasteiger partial charge in [-0.05, 0) is 52.3 Å². The summed E-state index contributed by atoms with van der Waals surface area (Å²) in [4.78, 5) is 39.6. The smallest absolute Gasteiger partial charge is 0.354 e. The van der Waals surface area contributed by atoms with E-state index in [0.717, 1.165) is 5.56 Å². The van der Waals surface area contributed by atoms with Crippen molar-refractivity contribution < 1.29 is 19.1 Å². The van der Waals surface area contributed by atoms with E-state index >= 15 is 0 Å². The highest BCUT2D eigenvalue weighted by Crippen LogP contribution is 2.24. The fraction of sp³-hybridized carbons (Fsp3) is 0.409. The van der Waals surface area contributed by atoms with Crippen LogP contribution in [0.5, 0.6) is 0 Å². The topological polar surface area (TPSA) is 68.6 Å². The molecule has 150 valence electrons. The van der Waals surface area contributed by atoms with Gasteiger partial charge in [-0.2, -0.15) is 0 Å². The average molecular weight is 384 g/mol. The van der Waals surface area contributed by atoms with Crippen LogP contribution in [-0.4, -0.2) is 47.3 Å². The predicted octanol–water partition coefficient (Wildman–Crippen LogP) is 3.56. The van der Waals surface area contributed by atoms with E-state index in [1.54, 1.807) is 23.6 Å². The number of amides is 1. The molecular formula is C22H28N2O4. The number of rotatable bonds is 7. The number of nitrogens with zero attached hydrogens (tertiary/aromatic N) is 2. The molecule has 0 unspecified atom stereocenters. The maximum Gasteiger partial charge on any atom is 0.354 e. The Bertz CT molecular complexity index is 894. The number of carbonyl (C=O) groups excluding carboxylic acids is 3. The molecule has 0 N–H and O–H groups in total. The van der Waals surface area contributed by atoms with E-state index in [9.17, 15) is 14.4 Å². The Morgan fingerprint density at radius 2 is 1.64 bits per heavy atom. The lowest BCUT2D eigenvalue weighted by atomic mass is 10.0. The van der Waals surface area contributed by atoms with Crippen molar-refractivity contribution in [3.8, 4) is 0 Å². The number of ether oxygens (including phenoxy) is 1. The second-order valence-corrected chi connectivity index (χ2v) is 6.78. The molecule has 0 saturated heterocycles. The molecule has 0 spiro atoms. The number of ketones is 1. The van der Waals surface area contributed by atoms with Crippen LogP contribution >= 0.6 is 0 Å². The molecule has 6 heteroatoms. The molecule has 2 aromatic rings. The van der Waals surface area contributed by atoms with Gasteiger partial charge in [0.1, 0.15) is 5.69 Å². The Hall–Kier alpha value is -2.89. The van der Waals surface area contributed by atoms with Crippen LogP contribution in [0.15, 0.2) is 24.3 Å². The highest BCUT2D eigenvalue weighted by atomic mass is 16.5. The second kappa shape index (κ2) is 8.87. The molecule has 0 aliphatic carbocycles. The molecule has 0 fully saturated rings. The third kappa shape index (κ3) is 4.01. The van der Waals surface area contributed by atoms with Gasteiger partial charge >= 0.3 is 5.97 Å². The van der Waals surface area contributed by atoms with Crippen molar-refractivity contribution in [2.75, 3.05) is 20.2 Å². The number of aryl methyl sites for hydroxylation is 1. The molecule has 0 saturated carbocycles. The molecule has 0 bridgehead atoms. The minimum Gasteiger partial charge on any atom is -0.464 e. The number of methoxy groups -OCH3 is 1. The summed E-state index contributed by atoms with van der Waals surface area (Å²) in [6.07, 6.45) is 0. The lowest BCUT2D eigenvalue weighted by Gasteiger charge is -2.20. The quantitative estimate of drug-likeness (QED) is 0.541. The summed E-state index contributed by atoms with van der Waals surface area (Å²) in [5, 5.41) is 0. The number of aromatic nitrogens is 1. The van der Waals surface area contributed by atoms with Crippen molar-refractivity contribution in [3.05, 3.63) is 57.9 Å². The zero-order valence-corrected chi connectivity index (χ0v) is 17.5. The summed E-state index contributed by atoms with van der Waals surface area (Å²) >= 11 is 0. The first-order valence-corrected chi connectivity index (χ1v) is 9.43. The van der Waals surface area contributed by atoms with E-state index in [0.29, 0.717) is 41.2 Å². The largest absolute Gasteiger partial charge is 0.464 e. The van der Waals surface area contributed by atoms with E-state index in [4.69, 9.17) is 4.74 Å². The molecule has 1 heterocycles. The molecule has 28 heavy (non-hydrogen) atoms. The Morgan fingerprint density at radius 3 is 2.14 bits per heavy atom. The first-order chi connectivity index (χ1) is 13.3. The van der Waals surface area contributed by atoms with E-state index in [1.807, 2.05) is 39.8 Å². The van der Waals surface area contributed by atoms with Crippen molar-refractivity contribution in [2.45, 2.75) is 41.2 Å². The highest BCUT2D eigenvalue weighted by molar-refractivity contribution is 6.06. The van der Waals surface area contributed by atoms with Gasteiger partial charge in [0.15, 0.2) is 5.78 Å². The number of hydrogen-bond donors (Lipinski definition) is 0. The summed E-state index contributed by atoms with van der Waals surface area (Å²) in [5.74, 6) is -0.839. The van der Waals surface area contributed by atoms with Gasteiger partial charge in [0.2, 0.25) is 0 Å². The van der Waals surface area contributed by atoms with Crippen LogP contribution < -0.4 is 0 Å². The summed E-state index contributed by atoms with van der Waals surface area (Å²) in [7, 11) is 1.32. The summed E-state index contributed by atoms with van der Waals surface area (Å²) in [6.45, 7) is 10.2. The van der Waals surface area contributed by atoms with Crippen molar-refractivity contribution in [3.63, 3.8) is 0 Å². The third-order valence-corrected chi connectivity index (χ3v) is 5.04. The van der Waals surface area contributed by atoms with Crippen molar-refractivity contribution >= 4 is 17.7 Å². The van der Waals surface area contributed by atoms with E-state index in [-0.39, 0.29) is 18.2 Å². The Balaban J connectivity index is 2.35. The standard InChI is InChI=1S/C22H28N2O4/c1-7-23(21(26)17-11-9-14(3)10-12-17)13-18(25)19-15(4)20(22(27)28-6)24(8-2)16(19)5/h9-12H,7-8,13H2,1-6H3. The van der Waals surface area contributed by atoms with Crippen molar-refractivity contribution in [1.29, 1.82) is 0 Å². The van der Waals surface area contributed by atoms with Crippen molar-refractivity contribution in [1.82, 2.24) is 9.47 Å². The first-order valence-electron chi connectivity index (χ1n) is 9.43. The van der Waals surface area contributed by atoms with Crippen LogP contribution in [0, 0.1) is 20.8 Å². The number of hydrogen-bond acceptors (Lipinski definition) is 4. The second-order valence-electron chi connectivity index (χ2n) is 6.78. The first kappa shape index (κ1) is 21.4. The van der Waals surface area contributed by atoms with Crippen LogP contribution in [-0.2, 0) is 11.3 Å². The summed E-state index contributed by atoms with van der Waals surface area (Å²) in [6, 6.07) is 7.29. The van der Waals surface area contributed by atoms with Gasteiger partial charge in [-0.1, -0.05) is 17.7 Å². The van der Waals surface area contributed by atoms with Crippen LogP contribution in [0.2, 0.25) is 0 Å². The van der Waals surface area contributed by atoms with Crippen LogP contribution in [0.4, 0.5) is 0 Å². The molecule has 0 radical (unpaired) electrons. The number of carbonyl (C=O) groups is 3. The predicted molar refractivity (Wildman–Crippen MR) is 108 cm³/mol. The summed E-state index contributed by atoms with van der Waals surface area (Å²) in [5.41, 5.74) is 3.80. The summed E-state index contributed by atoms with van der Waals surface area (Å²) < 4.78 is 6.66. The van der Waals surface area contributed by atoms with Crippen molar-refractivity contribution in [2.24, 2.45) is 0 Å². The lowest BCUT2D eigenvalue weighted by molar-refractivity contribution is 0.0587. The Labute approximate surface area is 166 Å². The van der Waals surface area contributed by atoms with E-state index in [2.05, 4.69) is 0 Å². The van der Waals surface area contributed by atoms with Gasteiger partial charge < -0.3 is 14.2 Å². The molecule has 1 amide bonds. The Morgan fingerprint density at radius 1 is 1.04 bits per heavy atom. The lowest BCUT2D eigenvalue weighted by Crippen LogP contribution is -2.35. The zero-order valence-electron chi connectivity index (χ0n) is 17.5. The zero-order chi connectivity index (χ0) is 21.0. The monoisotopic (exact) mass is 384 g/mol. The third-order valence-electron chi connectivity index (χ3n) is 5.04. The number of benzene rings is 1. The molecule has 1 aromatic heterocycles. The normalized spacial score (nSPS) is 10.6. The highest BCUT2D eigenvalue weighted by Gasteiger charge is 2.28. The molecule has 0 aliphatic rings. The molecular weight excluding hydrogens is 356 g/mol. The fourth-order valence-corrected chi connectivity index (χ4v) is 3.52. The molecule has 0 aliphatic heterocycles. The fourth-order valence-electron chi connectivity index (χ4n) is 3.52. The Kier molecular flexibility index (Phi) is 6.78. The van der Waals surface area contributed by atoms with E-state index in [1.165, 1.54) is 12.0 Å². The van der Waals surface area contributed by atoms with Gasteiger partial charge in [0.05, 0.1) is 13.7 Å². The minimum absolute atomic E-state index is 0.0424. The van der Waals surface area contributed by atoms with Crippen LogP contribution in [0.3, 0.4) is 0 Å². The van der Waals surface area contributed by atoms with E-state index < -0.39 is 5.97 Å². The molecule has 2 rings (SSSR count).